The zero-order valence-electron chi connectivity index (χ0n) is 11.7. The third-order valence-electron chi connectivity index (χ3n) is 4.39. The highest BCUT2D eigenvalue weighted by Crippen LogP contribution is 2.38. The van der Waals surface area contributed by atoms with Crippen LogP contribution in [0.1, 0.15) is 47.2 Å². The quantitative estimate of drug-likeness (QED) is 0.782. The summed E-state index contributed by atoms with van der Waals surface area (Å²) < 4.78 is 44.1. The van der Waals surface area contributed by atoms with E-state index in [1.807, 2.05) is 6.07 Å². The van der Waals surface area contributed by atoms with Crippen molar-refractivity contribution in [2.24, 2.45) is 5.92 Å². The average molecular weight is 309 g/mol. The molecular formula is C16H14F3NO2. The van der Waals surface area contributed by atoms with Crippen LogP contribution >= 0.6 is 0 Å². The van der Waals surface area contributed by atoms with Gasteiger partial charge >= 0.3 is 6.18 Å². The van der Waals surface area contributed by atoms with Crippen molar-refractivity contribution in [1.82, 2.24) is 0 Å². The van der Waals surface area contributed by atoms with Crippen molar-refractivity contribution in [2.75, 3.05) is 0 Å². The first kappa shape index (κ1) is 15.0. The third kappa shape index (κ3) is 2.73. The van der Waals surface area contributed by atoms with Gasteiger partial charge in [0.15, 0.2) is 5.78 Å². The Kier molecular flexibility index (Phi) is 3.69. The number of rotatable bonds is 2. The van der Waals surface area contributed by atoms with E-state index < -0.39 is 11.7 Å². The fourth-order valence-corrected chi connectivity index (χ4v) is 3.31. The summed E-state index contributed by atoms with van der Waals surface area (Å²) in [5, 5.41) is 9.07. The predicted octanol–water partition coefficient (Wildman–Crippen LogP) is 3.72. The zero-order chi connectivity index (χ0) is 15.9. The Balaban J connectivity index is 1.92. The molecule has 22 heavy (non-hydrogen) atoms. The second-order valence-electron chi connectivity index (χ2n) is 5.86. The van der Waals surface area contributed by atoms with E-state index in [1.54, 1.807) is 0 Å². The van der Waals surface area contributed by atoms with Crippen molar-refractivity contribution >= 4 is 5.78 Å². The monoisotopic (exact) mass is 309 g/mol. The summed E-state index contributed by atoms with van der Waals surface area (Å²) in [5.41, 5.74) is -1.02. The molecular weight excluding hydrogens is 295 g/mol. The molecule has 0 aromatic heterocycles. The van der Waals surface area contributed by atoms with Gasteiger partial charge in [-0.1, -0.05) is 0 Å². The number of Topliss-reactive ketones (excluding diaryl/α,β-unsaturated/α-hetero) is 1. The Hall–Kier alpha value is -1.87. The Labute approximate surface area is 125 Å². The van der Waals surface area contributed by atoms with Crippen molar-refractivity contribution in [3.63, 3.8) is 0 Å². The van der Waals surface area contributed by atoms with Crippen LogP contribution in [0.5, 0.6) is 0 Å². The number of nitriles is 1. The van der Waals surface area contributed by atoms with Crippen LogP contribution < -0.4 is 0 Å². The first-order valence-electron chi connectivity index (χ1n) is 7.19. The molecule has 0 N–H and O–H groups in total. The number of hydrogen-bond donors (Lipinski definition) is 0. The molecule has 0 saturated carbocycles. The number of benzene rings is 1. The Morgan fingerprint density at radius 3 is 2.41 bits per heavy atom. The molecule has 2 aliphatic heterocycles. The largest absolute Gasteiger partial charge is 0.416 e. The molecule has 2 atom stereocenters. The van der Waals surface area contributed by atoms with E-state index in [0.717, 1.165) is 31.0 Å². The lowest BCUT2D eigenvalue weighted by Crippen LogP contribution is -2.30. The van der Waals surface area contributed by atoms with Gasteiger partial charge in [-0.25, -0.2) is 0 Å². The van der Waals surface area contributed by atoms with Gasteiger partial charge in [-0.15, -0.1) is 0 Å². The molecule has 1 aromatic rings. The minimum Gasteiger partial charge on any atom is -0.375 e. The number of carbonyl (C=O) groups excluding carboxylic acids is 1. The maximum atomic E-state index is 12.8. The van der Waals surface area contributed by atoms with Crippen LogP contribution in [0.2, 0.25) is 0 Å². The smallest absolute Gasteiger partial charge is 0.375 e. The van der Waals surface area contributed by atoms with Gasteiger partial charge < -0.3 is 4.74 Å². The summed E-state index contributed by atoms with van der Waals surface area (Å²) in [7, 11) is 0. The minimum atomic E-state index is -4.53. The van der Waals surface area contributed by atoms with Crippen molar-refractivity contribution < 1.29 is 22.7 Å². The van der Waals surface area contributed by atoms with Gasteiger partial charge in [0.1, 0.15) is 0 Å². The topological polar surface area (TPSA) is 50.1 Å². The lowest BCUT2D eigenvalue weighted by Gasteiger charge is -2.27. The van der Waals surface area contributed by atoms with Gasteiger partial charge in [0.05, 0.1) is 29.4 Å². The van der Waals surface area contributed by atoms with Crippen LogP contribution in [0.3, 0.4) is 0 Å². The van der Waals surface area contributed by atoms with Crippen LogP contribution in [0.4, 0.5) is 13.2 Å². The maximum absolute atomic E-state index is 12.8. The predicted molar refractivity (Wildman–Crippen MR) is 71.1 cm³/mol. The van der Waals surface area contributed by atoms with E-state index in [-0.39, 0.29) is 35.0 Å². The highest BCUT2D eigenvalue weighted by atomic mass is 19.4. The average Bonchev–Trinajstić information content (AvgIpc) is 2.83. The molecule has 6 heteroatoms. The highest BCUT2D eigenvalue weighted by molar-refractivity contribution is 6.00. The van der Waals surface area contributed by atoms with Crippen molar-refractivity contribution in [1.29, 1.82) is 5.26 Å². The summed E-state index contributed by atoms with van der Waals surface area (Å²) in [5.74, 6) is -0.732. The molecule has 0 spiro atoms. The molecule has 2 fully saturated rings. The van der Waals surface area contributed by atoms with E-state index in [2.05, 4.69) is 0 Å². The van der Waals surface area contributed by atoms with Gasteiger partial charge in [-0.2, -0.15) is 18.4 Å². The molecule has 0 amide bonds. The van der Waals surface area contributed by atoms with Gasteiger partial charge in [-0.05, 0) is 43.9 Å². The number of ether oxygens (including phenoxy) is 1. The molecule has 3 rings (SSSR count). The highest BCUT2D eigenvalue weighted by Gasteiger charge is 2.39. The Morgan fingerprint density at radius 1 is 1.23 bits per heavy atom. The van der Waals surface area contributed by atoms with Crippen LogP contribution in [-0.2, 0) is 10.9 Å². The lowest BCUT2D eigenvalue weighted by atomic mass is 9.86. The number of carbonyl (C=O) groups is 1. The van der Waals surface area contributed by atoms with E-state index in [4.69, 9.17) is 10.00 Å². The number of halogens is 3. The molecule has 2 heterocycles. The van der Waals surface area contributed by atoms with Crippen molar-refractivity contribution in [3.05, 3.63) is 34.9 Å². The maximum Gasteiger partial charge on any atom is 0.416 e. The number of fused-ring (bicyclic) bond motifs is 2. The van der Waals surface area contributed by atoms with Crippen LogP contribution in [0, 0.1) is 17.2 Å². The fourth-order valence-electron chi connectivity index (χ4n) is 3.31. The van der Waals surface area contributed by atoms with E-state index in [1.165, 1.54) is 0 Å². The minimum absolute atomic E-state index is 0.00293. The summed E-state index contributed by atoms with van der Waals surface area (Å²) in [6, 6.07) is 4.53. The molecule has 2 bridgehead atoms. The van der Waals surface area contributed by atoms with E-state index in [9.17, 15) is 18.0 Å². The molecule has 116 valence electrons. The first-order valence-corrected chi connectivity index (χ1v) is 7.19. The summed E-state index contributed by atoms with van der Waals surface area (Å²) in [4.78, 5) is 12.6. The second-order valence-corrected chi connectivity index (χ2v) is 5.86. The number of nitrogens with zero attached hydrogens (tertiary/aromatic N) is 1. The molecule has 1 aromatic carbocycles. The number of hydrogen-bond acceptors (Lipinski definition) is 3. The summed E-state index contributed by atoms with van der Waals surface area (Å²) in [6.45, 7) is 0. The number of ketones is 1. The van der Waals surface area contributed by atoms with Gasteiger partial charge in [0.25, 0.3) is 0 Å². The Morgan fingerprint density at radius 2 is 1.86 bits per heavy atom. The zero-order valence-corrected chi connectivity index (χ0v) is 11.7. The Bertz CT molecular complexity index is 636. The van der Waals surface area contributed by atoms with E-state index >= 15 is 0 Å². The van der Waals surface area contributed by atoms with Crippen LogP contribution in [0.15, 0.2) is 18.2 Å². The molecule has 2 aliphatic rings. The summed E-state index contributed by atoms with van der Waals surface area (Å²) >= 11 is 0. The second kappa shape index (κ2) is 5.40. The normalized spacial score (nSPS) is 27.5. The molecule has 3 nitrogen and oxygen atoms in total. The van der Waals surface area contributed by atoms with Crippen molar-refractivity contribution in [3.8, 4) is 6.07 Å². The van der Waals surface area contributed by atoms with Gasteiger partial charge in [-0.3, -0.25) is 4.79 Å². The SMILES string of the molecule is N#Cc1ccc(C(F)(F)F)cc1C(=O)C1CC2CCC(C1)O2. The molecule has 0 radical (unpaired) electrons. The van der Waals surface area contributed by atoms with E-state index in [0.29, 0.717) is 12.8 Å². The van der Waals surface area contributed by atoms with Crippen LogP contribution in [-0.4, -0.2) is 18.0 Å². The lowest BCUT2D eigenvalue weighted by molar-refractivity contribution is -0.137. The van der Waals surface area contributed by atoms with Gasteiger partial charge in [0.2, 0.25) is 0 Å². The van der Waals surface area contributed by atoms with Crippen molar-refractivity contribution in [2.45, 2.75) is 44.1 Å². The summed E-state index contributed by atoms with van der Waals surface area (Å²) in [6.07, 6.45) is -1.66. The fraction of sp³-hybridized carbons (Fsp3) is 0.500. The third-order valence-corrected chi connectivity index (χ3v) is 4.39. The standard InChI is InChI=1S/C16H14F3NO2/c17-16(18,19)11-2-1-9(8-20)14(7-11)15(21)10-5-12-3-4-13(6-10)22-12/h1-2,7,10,12-13H,3-6H2. The van der Waals surface area contributed by atoms with Crippen LogP contribution in [0.25, 0.3) is 0 Å². The first-order chi connectivity index (χ1) is 10.4. The number of alkyl halides is 3. The molecule has 2 unspecified atom stereocenters. The van der Waals surface area contributed by atoms with Gasteiger partial charge in [0, 0.05) is 11.5 Å². The molecule has 0 aliphatic carbocycles. The molecule has 2 saturated heterocycles.